The van der Waals surface area contributed by atoms with Crippen molar-refractivity contribution in [3.8, 4) is 0 Å². The third kappa shape index (κ3) is 4.06. The maximum Gasteiger partial charge on any atom is 0.301 e. The van der Waals surface area contributed by atoms with Crippen LogP contribution in [-0.4, -0.2) is 38.9 Å². The Bertz CT molecular complexity index is 548. The van der Waals surface area contributed by atoms with Gasteiger partial charge in [0.15, 0.2) is 0 Å². The summed E-state index contributed by atoms with van der Waals surface area (Å²) in [6.07, 6.45) is 2.92. The van der Waals surface area contributed by atoms with Crippen LogP contribution in [-0.2, 0) is 10.2 Å². The van der Waals surface area contributed by atoms with Gasteiger partial charge in [-0.05, 0) is 60.7 Å². The van der Waals surface area contributed by atoms with Crippen LogP contribution in [0.3, 0.4) is 0 Å². The van der Waals surface area contributed by atoms with Crippen molar-refractivity contribution in [2.45, 2.75) is 25.3 Å². The summed E-state index contributed by atoms with van der Waals surface area (Å²) >= 11 is 2.17. The average molecular weight is 409 g/mol. The van der Waals surface area contributed by atoms with Gasteiger partial charge >= 0.3 is 10.2 Å². The lowest BCUT2D eigenvalue weighted by molar-refractivity contribution is 0.250. The van der Waals surface area contributed by atoms with Gasteiger partial charge in [-0.1, -0.05) is 12.5 Å². The van der Waals surface area contributed by atoms with E-state index in [1.165, 1.54) is 0 Å². The van der Waals surface area contributed by atoms with Crippen molar-refractivity contribution >= 4 is 38.5 Å². The van der Waals surface area contributed by atoms with Gasteiger partial charge in [-0.25, -0.2) is 0 Å². The van der Waals surface area contributed by atoms with Crippen molar-refractivity contribution in [3.63, 3.8) is 0 Å². The lowest BCUT2D eigenvalue weighted by Gasteiger charge is -2.34. The van der Waals surface area contributed by atoms with E-state index in [-0.39, 0.29) is 6.04 Å². The first-order valence-electron chi connectivity index (χ1n) is 6.72. The minimum absolute atomic E-state index is 0.0361. The monoisotopic (exact) mass is 409 g/mol. The first kappa shape index (κ1) is 16.0. The van der Waals surface area contributed by atoms with Gasteiger partial charge in [0.05, 0.1) is 5.69 Å². The molecule has 20 heavy (non-hydrogen) atoms. The number of anilines is 1. The van der Waals surface area contributed by atoms with Crippen LogP contribution in [0.2, 0.25) is 0 Å². The second-order valence-corrected chi connectivity index (χ2v) is 7.80. The molecule has 0 bridgehead atoms. The van der Waals surface area contributed by atoms with E-state index in [9.17, 15) is 8.42 Å². The minimum Gasteiger partial charge on any atom is -0.318 e. The molecule has 0 amide bonds. The molecule has 1 heterocycles. The van der Waals surface area contributed by atoms with Crippen LogP contribution in [0.1, 0.15) is 19.3 Å². The summed E-state index contributed by atoms with van der Waals surface area (Å²) < 4.78 is 30.4. The summed E-state index contributed by atoms with van der Waals surface area (Å²) in [6.45, 7) is 1.28. The number of piperidine rings is 1. The standard InChI is InChI=1S/C13H20IN3O2S/c1-15-10-13-7-2-3-8-17(13)20(18,19)16-12-6-4-5-11(14)9-12/h4-6,9,13,15-16H,2-3,7-8,10H2,1H3. The number of hydrogen-bond acceptors (Lipinski definition) is 3. The fraction of sp³-hybridized carbons (Fsp3) is 0.538. The molecule has 0 saturated carbocycles. The highest BCUT2D eigenvalue weighted by molar-refractivity contribution is 14.1. The van der Waals surface area contributed by atoms with Crippen molar-refractivity contribution in [1.82, 2.24) is 9.62 Å². The Hall–Kier alpha value is -0.380. The van der Waals surface area contributed by atoms with Gasteiger partial charge in [0, 0.05) is 22.7 Å². The molecule has 112 valence electrons. The van der Waals surface area contributed by atoms with Gasteiger partial charge in [-0.15, -0.1) is 0 Å². The summed E-state index contributed by atoms with van der Waals surface area (Å²) in [5, 5.41) is 3.08. The summed E-state index contributed by atoms with van der Waals surface area (Å²) in [6, 6.07) is 7.42. The molecular weight excluding hydrogens is 389 g/mol. The number of hydrogen-bond donors (Lipinski definition) is 2. The topological polar surface area (TPSA) is 61.4 Å². The van der Waals surface area contributed by atoms with E-state index >= 15 is 0 Å². The molecule has 1 aromatic rings. The molecule has 5 nitrogen and oxygen atoms in total. The van der Waals surface area contributed by atoms with Gasteiger partial charge < -0.3 is 5.32 Å². The molecular formula is C13H20IN3O2S. The van der Waals surface area contributed by atoms with Gasteiger partial charge in [-0.3, -0.25) is 4.72 Å². The van der Waals surface area contributed by atoms with Crippen molar-refractivity contribution in [1.29, 1.82) is 0 Å². The first-order valence-corrected chi connectivity index (χ1v) is 9.24. The van der Waals surface area contributed by atoms with Gasteiger partial charge in [-0.2, -0.15) is 12.7 Å². The van der Waals surface area contributed by atoms with E-state index in [1.807, 2.05) is 25.2 Å². The maximum atomic E-state index is 12.5. The highest BCUT2D eigenvalue weighted by Gasteiger charge is 2.31. The van der Waals surface area contributed by atoms with E-state index in [4.69, 9.17) is 0 Å². The van der Waals surface area contributed by atoms with E-state index in [0.717, 1.165) is 22.8 Å². The quantitative estimate of drug-likeness (QED) is 0.732. The summed E-state index contributed by atoms with van der Waals surface area (Å²) in [5.41, 5.74) is 0.616. The Morgan fingerprint density at radius 1 is 1.40 bits per heavy atom. The molecule has 1 saturated heterocycles. The van der Waals surface area contributed by atoms with E-state index in [0.29, 0.717) is 18.8 Å². The van der Waals surface area contributed by atoms with Crippen molar-refractivity contribution in [2.24, 2.45) is 0 Å². The smallest absolute Gasteiger partial charge is 0.301 e. The predicted molar refractivity (Wildman–Crippen MR) is 90.0 cm³/mol. The molecule has 7 heteroatoms. The molecule has 0 spiro atoms. The summed E-state index contributed by atoms with van der Waals surface area (Å²) in [7, 11) is -1.63. The van der Waals surface area contributed by atoms with Gasteiger partial charge in [0.2, 0.25) is 0 Å². The van der Waals surface area contributed by atoms with E-state index < -0.39 is 10.2 Å². The molecule has 1 aliphatic heterocycles. The lowest BCUT2D eigenvalue weighted by atomic mass is 10.1. The van der Waals surface area contributed by atoms with Crippen LogP contribution in [0.4, 0.5) is 5.69 Å². The Labute approximate surface area is 134 Å². The molecule has 0 radical (unpaired) electrons. The number of benzene rings is 1. The number of nitrogens with zero attached hydrogens (tertiary/aromatic N) is 1. The molecule has 1 aromatic carbocycles. The summed E-state index contributed by atoms with van der Waals surface area (Å²) in [4.78, 5) is 0. The molecule has 1 unspecified atom stereocenters. The fourth-order valence-electron chi connectivity index (χ4n) is 2.49. The molecule has 2 rings (SSSR count). The third-order valence-corrected chi connectivity index (χ3v) is 5.66. The van der Waals surface area contributed by atoms with Crippen LogP contribution in [0.25, 0.3) is 0 Å². The zero-order chi connectivity index (χ0) is 14.6. The Balaban J connectivity index is 2.15. The zero-order valence-electron chi connectivity index (χ0n) is 11.5. The van der Waals surface area contributed by atoms with Crippen molar-refractivity contribution < 1.29 is 8.42 Å². The molecule has 2 N–H and O–H groups in total. The molecule has 1 aliphatic rings. The highest BCUT2D eigenvalue weighted by Crippen LogP contribution is 2.22. The molecule has 1 atom stereocenters. The average Bonchev–Trinajstić information content (AvgIpc) is 2.39. The molecule has 1 fully saturated rings. The van der Waals surface area contributed by atoms with E-state index in [1.54, 1.807) is 10.4 Å². The van der Waals surface area contributed by atoms with Crippen molar-refractivity contribution in [3.05, 3.63) is 27.8 Å². The fourth-order valence-corrected chi connectivity index (χ4v) is 4.52. The minimum atomic E-state index is -3.48. The Morgan fingerprint density at radius 2 is 2.20 bits per heavy atom. The van der Waals surface area contributed by atoms with E-state index in [2.05, 4.69) is 32.6 Å². The third-order valence-electron chi connectivity index (χ3n) is 3.39. The largest absolute Gasteiger partial charge is 0.318 e. The predicted octanol–water partition coefficient (Wildman–Crippen LogP) is 2.02. The van der Waals surface area contributed by atoms with Crippen LogP contribution in [0.15, 0.2) is 24.3 Å². The second kappa shape index (κ2) is 7.06. The SMILES string of the molecule is CNCC1CCCCN1S(=O)(=O)Nc1cccc(I)c1. The molecule has 0 aromatic heterocycles. The normalized spacial score (nSPS) is 20.8. The molecule has 0 aliphatic carbocycles. The van der Waals surface area contributed by atoms with Gasteiger partial charge in [0.1, 0.15) is 0 Å². The number of halogens is 1. The van der Waals surface area contributed by atoms with Crippen LogP contribution in [0, 0.1) is 3.57 Å². The second-order valence-electron chi connectivity index (χ2n) is 4.94. The number of nitrogens with one attached hydrogen (secondary N) is 2. The number of rotatable bonds is 5. The van der Waals surface area contributed by atoms with Crippen LogP contribution in [0.5, 0.6) is 0 Å². The van der Waals surface area contributed by atoms with Crippen LogP contribution >= 0.6 is 22.6 Å². The van der Waals surface area contributed by atoms with Crippen LogP contribution < -0.4 is 10.0 Å². The zero-order valence-corrected chi connectivity index (χ0v) is 14.4. The lowest BCUT2D eigenvalue weighted by Crippen LogP contribution is -2.49. The Kier molecular flexibility index (Phi) is 5.65. The summed E-state index contributed by atoms with van der Waals surface area (Å²) in [5.74, 6) is 0. The Morgan fingerprint density at radius 3 is 2.90 bits per heavy atom. The maximum absolute atomic E-state index is 12.5. The number of likely N-dealkylation sites (N-methyl/N-ethyl adjacent to an activating group) is 1. The first-order chi connectivity index (χ1) is 9.53. The van der Waals surface area contributed by atoms with Gasteiger partial charge in [0.25, 0.3) is 0 Å². The van der Waals surface area contributed by atoms with Crippen molar-refractivity contribution in [2.75, 3.05) is 24.9 Å². The highest BCUT2D eigenvalue weighted by atomic mass is 127.